The van der Waals surface area contributed by atoms with Crippen LogP contribution in [0.25, 0.3) is 5.52 Å². The van der Waals surface area contributed by atoms with Crippen molar-refractivity contribution in [1.82, 2.24) is 14.6 Å². The van der Waals surface area contributed by atoms with Crippen molar-refractivity contribution in [3.05, 3.63) is 132 Å². The van der Waals surface area contributed by atoms with Gasteiger partial charge in [0.15, 0.2) is 5.82 Å². The van der Waals surface area contributed by atoms with E-state index in [9.17, 15) is 10.2 Å². The molecule has 4 N–H and O–H groups in total. The van der Waals surface area contributed by atoms with Crippen molar-refractivity contribution in [3.63, 3.8) is 0 Å². The molecule has 9 nitrogen and oxygen atoms in total. The summed E-state index contributed by atoms with van der Waals surface area (Å²) in [7, 11) is 0. The van der Waals surface area contributed by atoms with Crippen molar-refractivity contribution < 1.29 is 24.4 Å². The molecule has 4 atom stereocenters. The third kappa shape index (κ3) is 6.67. The summed E-state index contributed by atoms with van der Waals surface area (Å²) in [6, 6.07) is 32.9. The zero-order valence-corrected chi connectivity index (χ0v) is 24.5. The van der Waals surface area contributed by atoms with Crippen molar-refractivity contribution in [2.24, 2.45) is 5.92 Å². The number of anilines is 1. The predicted molar refractivity (Wildman–Crippen MR) is 166 cm³/mol. The molecule has 1 aliphatic rings. The first-order valence-corrected chi connectivity index (χ1v) is 15.0. The molecule has 0 radical (unpaired) electrons. The largest absolute Gasteiger partial charge is 0.388 e. The summed E-state index contributed by atoms with van der Waals surface area (Å²) in [4.78, 5) is 4.12. The highest BCUT2D eigenvalue weighted by Gasteiger charge is 2.57. The van der Waals surface area contributed by atoms with E-state index < -0.39 is 23.9 Å². The Hall–Kier alpha value is -4.12. The van der Waals surface area contributed by atoms with Crippen LogP contribution >= 0.6 is 0 Å². The number of aliphatic hydroxyl groups excluding tert-OH is 1. The molecule has 5 aromatic rings. The zero-order chi connectivity index (χ0) is 30.4. The number of ether oxygens (including phenoxy) is 3. The second-order valence-corrected chi connectivity index (χ2v) is 11.3. The van der Waals surface area contributed by atoms with Crippen LogP contribution in [0.1, 0.15) is 35.2 Å². The molecule has 1 saturated carbocycles. The molecule has 1 aliphatic carbocycles. The molecule has 2 heterocycles. The number of benzene rings is 3. The standard InChI is InChI=1S/C35H38N4O5/c36-34-29-18-19-31(39(29)38-24-37-34)35(41,28-16-17-28)33(44-22-27-14-8-3-9-15-27)32(43-21-26-12-6-2-7-13-26)30(40)23-42-20-25-10-4-1-5-11-25/h1-15,18-19,24,28,30,32-33,40-41H,16-17,20-23H2,(H2,36,37,38)/t30-,32+,33+,35?/m0/s1. The summed E-state index contributed by atoms with van der Waals surface area (Å²) < 4.78 is 20.8. The number of fused-ring (bicyclic) bond motifs is 1. The summed E-state index contributed by atoms with van der Waals surface area (Å²) in [6.07, 6.45) is -0.162. The molecule has 1 unspecified atom stereocenters. The minimum Gasteiger partial charge on any atom is -0.388 e. The monoisotopic (exact) mass is 594 g/mol. The SMILES string of the molecule is Nc1ncnn2c(C(O)(C3CC3)[C@H](OCc3ccccc3)[C@H](OCc3ccccc3)[C@@H](O)COCc3ccccc3)ccc12. The van der Waals surface area contributed by atoms with Crippen LogP contribution in [-0.2, 0) is 39.6 Å². The van der Waals surface area contributed by atoms with Crippen molar-refractivity contribution >= 4 is 11.3 Å². The predicted octanol–water partition coefficient (Wildman–Crippen LogP) is 4.66. The number of rotatable bonds is 15. The summed E-state index contributed by atoms with van der Waals surface area (Å²) in [6.45, 7) is 0.705. The van der Waals surface area contributed by atoms with Crippen molar-refractivity contribution in [3.8, 4) is 0 Å². The van der Waals surface area contributed by atoms with Gasteiger partial charge in [-0.3, -0.25) is 0 Å². The number of nitrogens with two attached hydrogens (primary N) is 1. The minimum atomic E-state index is -1.58. The van der Waals surface area contributed by atoms with Gasteiger partial charge in [0.05, 0.1) is 32.1 Å². The van der Waals surface area contributed by atoms with Crippen LogP contribution in [0.15, 0.2) is 109 Å². The molecular weight excluding hydrogens is 556 g/mol. The fourth-order valence-corrected chi connectivity index (χ4v) is 5.73. The maximum atomic E-state index is 12.9. The molecule has 44 heavy (non-hydrogen) atoms. The number of hydrogen-bond acceptors (Lipinski definition) is 8. The van der Waals surface area contributed by atoms with Gasteiger partial charge in [-0.25, -0.2) is 9.50 Å². The second-order valence-electron chi connectivity index (χ2n) is 11.3. The lowest BCUT2D eigenvalue weighted by atomic mass is 9.82. The molecule has 0 spiro atoms. The van der Waals surface area contributed by atoms with Gasteiger partial charge in [-0.1, -0.05) is 91.0 Å². The van der Waals surface area contributed by atoms with Gasteiger partial charge in [-0.05, 0) is 47.6 Å². The first-order valence-electron chi connectivity index (χ1n) is 15.0. The summed E-state index contributed by atoms with van der Waals surface area (Å²) in [5.74, 6) is 0.148. The van der Waals surface area contributed by atoms with E-state index >= 15 is 0 Å². The lowest BCUT2D eigenvalue weighted by Crippen LogP contribution is -2.56. The van der Waals surface area contributed by atoms with Gasteiger partial charge in [0.1, 0.15) is 35.8 Å². The van der Waals surface area contributed by atoms with E-state index in [1.165, 1.54) is 6.33 Å². The van der Waals surface area contributed by atoms with E-state index in [-0.39, 0.29) is 25.7 Å². The second kappa shape index (κ2) is 13.7. The molecule has 228 valence electrons. The first-order chi connectivity index (χ1) is 21.5. The summed E-state index contributed by atoms with van der Waals surface area (Å²) >= 11 is 0. The van der Waals surface area contributed by atoms with E-state index in [4.69, 9.17) is 19.9 Å². The molecule has 3 aromatic carbocycles. The number of aliphatic hydroxyl groups is 2. The molecule has 0 saturated heterocycles. The van der Waals surface area contributed by atoms with Crippen LogP contribution in [0.2, 0.25) is 0 Å². The molecule has 0 bridgehead atoms. The van der Waals surface area contributed by atoms with Crippen LogP contribution in [0, 0.1) is 5.92 Å². The van der Waals surface area contributed by atoms with Crippen molar-refractivity contribution in [2.45, 2.75) is 56.6 Å². The van der Waals surface area contributed by atoms with Gasteiger partial charge < -0.3 is 30.2 Å². The van der Waals surface area contributed by atoms with E-state index in [0.29, 0.717) is 23.6 Å². The number of nitrogen functional groups attached to an aromatic ring is 1. The number of aromatic nitrogens is 3. The Morgan fingerprint density at radius 1 is 0.795 bits per heavy atom. The van der Waals surface area contributed by atoms with Crippen LogP contribution < -0.4 is 5.73 Å². The Morgan fingerprint density at radius 3 is 1.95 bits per heavy atom. The first kappa shape index (κ1) is 29.9. The normalized spacial score (nSPS) is 16.8. The molecule has 6 rings (SSSR count). The van der Waals surface area contributed by atoms with E-state index in [1.807, 2.05) is 97.1 Å². The van der Waals surface area contributed by atoms with E-state index in [1.54, 1.807) is 10.6 Å². The Kier molecular flexibility index (Phi) is 9.30. The van der Waals surface area contributed by atoms with E-state index in [0.717, 1.165) is 29.5 Å². The van der Waals surface area contributed by atoms with Crippen LogP contribution in [0.5, 0.6) is 0 Å². The van der Waals surface area contributed by atoms with Gasteiger partial charge in [0, 0.05) is 0 Å². The number of hydrogen-bond donors (Lipinski definition) is 3. The van der Waals surface area contributed by atoms with Crippen LogP contribution in [-0.4, -0.2) is 49.7 Å². The van der Waals surface area contributed by atoms with Gasteiger partial charge in [-0.15, -0.1) is 0 Å². The van der Waals surface area contributed by atoms with Crippen LogP contribution in [0.3, 0.4) is 0 Å². The maximum Gasteiger partial charge on any atom is 0.151 e. The third-order valence-electron chi connectivity index (χ3n) is 8.16. The average Bonchev–Trinajstić information content (AvgIpc) is 3.83. The Morgan fingerprint density at radius 2 is 1.36 bits per heavy atom. The lowest BCUT2D eigenvalue weighted by Gasteiger charge is -2.42. The Bertz CT molecular complexity index is 1610. The molecular formula is C35H38N4O5. The smallest absolute Gasteiger partial charge is 0.151 e. The highest BCUT2D eigenvalue weighted by atomic mass is 16.6. The summed E-state index contributed by atoms with van der Waals surface area (Å²) in [5, 5.41) is 29.1. The minimum absolute atomic E-state index is 0.0235. The lowest BCUT2D eigenvalue weighted by molar-refractivity contribution is -0.219. The summed E-state index contributed by atoms with van der Waals surface area (Å²) in [5.41, 5.74) is 8.53. The Balaban J connectivity index is 1.37. The van der Waals surface area contributed by atoms with Gasteiger partial charge in [0.2, 0.25) is 0 Å². The fourth-order valence-electron chi connectivity index (χ4n) is 5.73. The van der Waals surface area contributed by atoms with Crippen molar-refractivity contribution in [2.75, 3.05) is 12.3 Å². The van der Waals surface area contributed by atoms with Crippen LogP contribution in [0.4, 0.5) is 5.82 Å². The van der Waals surface area contributed by atoms with Crippen molar-refractivity contribution in [1.29, 1.82) is 0 Å². The molecule has 9 heteroatoms. The molecule has 0 aliphatic heterocycles. The fraction of sp³-hybridized carbons (Fsp3) is 0.314. The molecule has 0 amide bonds. The maximum absolute atomic E-state index is 12.9. The topological polar surface area (TPSA) is 124 Å². The van der Waals surface area contributed by atoms with E-state index in [2.05, 4.69) is 10.1 Å². The van der Waals surface area contributed by atoms with Gasteiger partial charge in [0.25, 0.3) is 0 Å². The highest BCUT2D eigenvalue weighted by Crippen LogP contribution is 2.50. The average molecular weight is 595 g/mol. The van der Waals surface area contributed by atoms with Gasteiger partial charge in [-0.2, -0.15) is 5.10 Å². The quantitative estimate of drug-likeness (QED) is 0.160. The Labute approximate surface area is 256 Å². The number of nitrogens with zero attached hydrogens (tertiary/aromatic N) is 3. The highest BCUT2D eigenvalue weighted by molar-refractivity contribution is 5.65. The zero-order valence-electron chi connectivity index (χ0n) is 24.5. The third-order valence-corrected chi connectivity index (χ3v) is 8.16. The molecule has 1 fully saturated rings. The molecule has 2 aromatic heterocycles. The van der Waals surface area contributed by atoms with Gasteiger partial charge >= 0.3 is 0 Å².